The van der Waals surface area contributed by atoms with Crippen molar-refractivity contribution in [3.05, 3.63) is 41.2 Å². The Hall–Kier alpha value is -1.57. The molecule has 0 fully saturated rings. The van der Waals surface area contributed by atoms with Gasteiger partial charge in [0.2, 0.25) is 0 Å². The van der Waals surface area contributed by atoms with Crippen LogP contribution in [0.4, 0.5) is 0 Å². The first-order valence-electron chi connectivity index (χ1n) is 6.95. The lowest BCUT2D eigenvalue weighted by molar-refractivity contribution is 0.192. The molecule has 1 aliphatic rings. The van der Waals surface area contributed by atoms with Crippen molar-refractivity contribution < 1.29 is 0 Å². The molecule has 2 heterocycles. The minimum atomic E-state index is 0.0159. The van der Waals surface area contributed by atoms with E-state index in [4.69, 9.17) is 4.98 Å². The van der Waals surface area contributed by atoms with Crippen LogP contribution in [0.3, 0.4) is 0 Å². The van der Waals surface area contributed by atoms with Crippen molar-refractivity contribution >= 4 is 0 Å². The van der Waals surface area contributed by atoms with Crippen LogP contribution in [0.25, 0.3) is 11.4 Å². The summed E-state index contributed by atoms with van der Waals surface area (Å²) in [4.78, 5) is 4.82. The summed E-state index contributed by atoms with van der Waals surface area (Å²) in [6.07, 6.45) is 0. The third-order valence-electron chi connectivity index (χ3n) is 5.27. The minimum Gasteiger partial charge on any atom is -0.322 e. The Balaban J connectivity index is 2.47. The van der Waals surface area contributed by atoms with E-state index in [1.165, 1.54) is 16.8 Å². The Morgan fingerprint density at radius 2 is 1.63 bits per heavy atom. The maximum absolute atomic E-state index is 4.82. The molecule has 3 rings (SSSR count). The molecule has 0 spiro atoms. The zero-order valence-corrected chi connectivity index (χ0v) is 12.7. The molecular weight excluding hydrogens is 232 g/mol. The molecular formula is C17H22N2. The number of hydrogen-bond acceptors (Lipinski definition) is 1. The molecule has 100 valence electrons. The van der Waals surface area contributed by atoms with E-state index in [0.29, 0.717) is 0 Å². The average Bonchev–Trinajstić information content (AvgIpc) is 2.65. The number of aromatic nitrogens is 2. The van der Waals surface area contributed by atoms with Gasteiger partial charge in [-0.25, -0.2) is 4.98 Å². The molecule has 0 radical (unpaired) electrons. The van der Waals surface area contributed by atoms with Crippen molar-refractivity contribution in [1.82, 2.24) is 9.55 Å². The Labute approximate surface area is 115 Å². The highest BCUT2D eigenvalue weighted by atomic mass is 15.2. The highest BCUT2D eigenvalue weighted by Crippen LogP contribution is 2.50. The summed E-state index contributed by atoms with van der Waals surface area (Å²) in [6.45, 7) is 13.6. The molecule has 0 aliphatic carbocycles. The van der Waals surface area contributed by atoms with Gasteiger partial charge in [-0.2, -0.15) is 0 Å². The first-order valence-corrected chi connectivity index (χ1v) is 6.95. The van der Waals surface area contributed by atoms with Crippen LogP contribution in [0.15, 0.2) is 24.3 Å². The van der Waals surface area contributed by atoms with Gasteiger partial charge in [-0.15, -0.1) is 0 Å². The van der Waals surface area contributed by atoms with Gasteiger partial charge in [0.05, 0.1) is 5.69 Å². The molecule has 19 heavy (non-hydrogen) atoms. The lowest BCUT2D eigenvalue weighted by atomic mass is 9.66. The van der Waals surface area contributed by atoms with Gasteiger partial charge >= 0.3 is 0 Å². The number of nitrogens with zero attached hydrogens (tertiary/aromatic N) is 2. The van der Waals surface area contributed by atoms with Crippen molar-refractivity contribution in [2.75, 3.05) is 0 Å². The van der Waals surface area contributed by atoms with Crippen LogP contribution in [0.2, 0.25) is 0 Å². The topological polar surface area (TPSA) is 17.8 Å². The predicted octanol–water partition coefficient (Wildman–Crippen LogP) is 4.19. The van der Waals surface area contributed by atoms with Crippen molar-refractivity contribution in [2.24, 2.45) is 0 Å². The Morgan fingerprint density at radius 3 is 2.32 bits per heavy atom. The largest absolute Gasteiger partial charge is 0.322 e. The number of hydrogen-bond donors (Lipinski definition) is 0. The molecule has 0 unspecified atom stereocenters. The molecule has 1 aromatic carbocycles. The second kappa shape index (κ2) is 3.50. The van der Waals surface area contributed by atoms with Gasteiger partial charge < -0.3 is 4.57 Å². The zero-order valence-electron chi connectivity index (χ0n) is 12.7. The number of fused-ring (bicyclic) bond motifs is 3. The van der Waals surface area contributed by atoms with Gasteiger partial charge in [0, 0.05) is 22.2 Å². The lowest BCUT2D eigenvalue weighted by Gasteiger charge is -2.48. The third kappa shape index (κ3) is 1.35. The minimum absolute atomic E-state index is 0.0159. The van der Waals surface area contributed by atoms with Gasteiger partial charge in [0.1, 0.15) is 5.82 Å². The normalized spacial score (nSPS) is 18.8. The predicted molar refractivity (Wildman–Crippen MR) is 79.5 cm³/mol. The molecule has 0 N–H and O–H groups in total. The maximum Gasteiger partial charge on any atom is 0.141 e. The maximum atomic E-state index is 4.82. The Bertz CT molecular complexity index is 660. The van der Waals surface area contributed by atoms with Crippen LogP contribution in [-0.4, -0.2) is 9.55 Å². The molecule has 0 atom stereocenters. The number of rotatable bonds is 0. The second-order valence-electron chi connectivity index (χ2n) is 6.67. The van der Waals surface area contributed by atoms with E-state index in [9.17, 15) is 0 Å². The summed E-state index contributed by atoms with van der Waals surface area (Å²) in [5.74, 6) is 1.12. The van der Waals surface area contributed by atoms with E-state index in [0.717, 1.165) is 11.5 Å². The molecule has 0 saturated carbocycles. The highest BCUT2D eigenvalue weighted by molar-refractivity contribution is 5.67. The summed E-state index contributed by atoms with van der Waals surface area (Å²) < 4.78 is 2.42. The van der Waals surface area contributed by atoms with Gasteiger partial charge in [0.15, 0.2) is 0 Å². The van der Waals surface area contributed by atoms with Crippen LogP contribution in [0.1, 0.15) is 44.6 Å². The molecule has 1 aromatic heterocycles. The lowest BCUT2D eigenvalue weighted by Crippen LogP contribution is -2.48. The van der Waals surface area contributed by atoms with Gasteiger partial charge in [-0.3, -0.25) is 0 Å². The summed E-state index contributed by atoms with van der Waals surface area (Å²) in [5.41, 5.74) is 5.19. The fourth-order valence-electron chi connectivity index (χ4n) is 3.31. The summed E-state index contributed by atoms with van der Waals surface area (Å²) in [5, 5.41) is 0. The van der Waals surface area contributed by atoms with Crippen LogP contribution >= 0.6 is 0 Å². The number of imidazole rings is 1. The fourth-order valence-corrected chi connectivity index (χ4v) is 3.31. The van der Waals surface area contributed by atoms with E-state index in [1.807, 2.05) is 0 Å². The SMILES string of the molecule is Cc1nc2n(c1C)C(C)(C)C(C)(C)c1ccccc1-2. The monoisotopic (exact) mass is 254 g/mol. The van der Waals surface area contributed by atoms with Crippen molar-refractivity contribution in [3.8, 4) is 11.4 Å². The molecule has 2 nitrogen and oxygen atoms in total. The quantitative estimate of drug-likeness (QED) is 0.689. The van der Waals surface area contributed by atoms with Crippen molar-refractivity contribution in [1.29, 1.82) is 0 Å². The molecule has 0 bridgehead atoms. The van der Waals surface area contributed by atoms with E-state index in [1.54, 1.807) is 0 Å². The molecule has 1 aliphatic heterocycles. The fraction of sp³-hybridized carbons (Fsp3) is 0.471. The van der Waals surface area contributed by atoms with Gasteiger partial charge in [0.25, 0.3) is 0 Å². The first-order chi connectivity index (χ1) is 8.78. The van der Waals surface area contributed by atoms with Crippen molar-refractivity contribution in [2.45, 2.75) is 52.5 Å². The van der Waals surface area contributed by atoms with E-state index >= 15 is 0 Å². The van der Waals surface area contributed by atoms with Crippen molar-refractivity contribution in [3.63, 3.8) is 0 Å². The second-order valence-corrected chi connectivity index (χ2v) is 6.67. The molecule has 2 heteroatoms. The molecule has 2 aromatic rings. The standard InChI is InChI=1S/C17H22N2/c1-11-12(2)19-15(18-11)13-9-7-8-10-14(13)16(3,4)17(19,5)6/h7-10H,1-6H3. The zero-order chi connectivity index (χ0) is 14.0. The number of aryl methyl sites for hydroxylation is 1. The van der Waals surface area contributed by atoms with Crippen LogP contribution in [0, 0.1) is 13.8 Å². The highest BCUT2D eigenvalue weighted by Gasteiger charge is 2.47. The smallest absolute Gasteiger partial charge is 0.141 e. The third-order valence-corrected chi connectivity index (χ3v) is 5.27. The van der Waals surface area contributed by atoms with Crippen LogP contribution in [0.5, 0.6) is 0 Å². The number of benzene rings is 1. The summed E-state index contributed by atoms with van der Waals surface area (Å²) in [6, 6.07) is 8.69. The van der Waals surface area contributed by atoms with Crippen LogP contribution < -0.4 is 0 Å². The van der Waals surface area contributed by atoms with Gasteiger partial charge in [-0.1, -0.05) is 38.1 Å². The van der Waals surface area contributed by atoms with Gasteiger partial charge in [-0.05, 0) is 33.3 Å². The van der Waals surface area contributed by atoms with Crippen LogP contribution in [-0.2, 0) is 11.0 Å². The Kier molecular flexibility index (Phi) is 2.30. The average molecular weight is 254 g/mol. The van der Waals surface area contributed by atoms with E-state index in [2.05, 4.69) is 70.4 Å². The molecule has 0 saturated heterocycles. The summed E-state index contributed by atoms with van der Waals surface area (Å²) >= 11 is 0. The summed E-state index contributed by atoms with van der Waals surface area (Å²) in [7, 11) is 0. The Morgan fingerprint density at radius 1 is 1.00 bits per heavy atom. The first kappa shape index (κ1) is 12.5. The van der Waals surface area contributed by atoms with E-state index in [-0.39, 0.29) is 11.0 Å². The molecule has 0 amide bonds. The van der Waals surface area contributed by atoms with E-state index < -0.39 is 0 Å².